The first-order valence-electron chi connectivity index (χ1n) is 21.0. The molecule has 0 aromatic rings. The van der Waals surface area contributed by atoms with Gasteiger partial charge in [0.15, 0.2) is 0 Å². The number of hydrogen-bond acceptors (Lipinski definition) is 1. The number of fused-ring (bicyclic) bond motifs is 4. The first-order chi connectivity index (χ1) is 21.6. The van der Waals surface area contributed by atoms with Crippen LogP contribution in [-0.4, -0.2) is 24.0 Å². The Hall–Kier alpha value is -0.300. The minimum atomic E-state index is 0.519. The number of nitrogens with zero attached hydrogens (tertiary/aromatic N) is 1. The molecule has 0 N–H and O–H groups in total. The van der Waals surface area contributed by atoms with Gasteiger partial charge in [-0.3, -0.25) is 0 Å². The summed E-state index contributed by atoms with van der Waals surface area (Å²) in [5.74, 6) is 9.90. The van der Waals surface area contributed by atoms with Crippen molar-refractivity contribution in [3.8, 4) is 0 Å². The van der Waals surface area contributed by atoms with E-state index in [1.165, 1.54) is 70.9 Å². The molecule has 1 heterocycles. The average Bonchev–Trinajstić information content (AvgIpc) is 3.95. The molecule has 1 saturated heterocycles. The number of likely N-dealkylation sites (tertiary alicyclic amines) is 1. The van der Waals surface area contributed by atoms with Crippen molar-refractivity contribution in [3.05, 3.63) is 12.2 Å². The van der Waals surface area contributed by atoms with Crippen LogP contribution in [0.1, 0.15) is 164 Å². The fraction of sp³-hybridized carbons (Fsp3) is 0.955. The molecule has 1 aliphatic heterocycles. The van der Waals surface area contributed by atoms with Crippen LogP contribution in [-0.2, 0) is 0 Å². The fourth-order valence-corrected chi connectivity index (χ4v) is 16.2. The summed E-state index contributed by atoms with van der Waals surface area (Å²) in [4.78, 5) is 2.91. The van der Waals surface area contributed by atoms with Crippen molar-refractivity contribution in [1.82, 2.24) is 4.90 Å². The molecule has 8 rings (SSSR count). The van der Waals surface area contributed by atoms with Crippen LogP contribution in [0.5, 0.6) is 0 Å². The topological polar surface area (TPSA) is 3.24 Å². The smallest absolute Gasteiger partial charge is 0.00901 e. The second-order valence-corrected chi connectivity index (χ2v) is 20.3. The van der Waals surface area contributed by atoms with Crippen LogP contribution in [0.15, 0.2) is 12.2 Å². The van der Waals surface area contributed by atoms with Crippen molar-refractivity contribution in [2.75, 3.05) is 13.1 Å². The Morgan fingerprint density at radius 2 is 1.60 bits per heavy atom. The summed E-state index contributed by atoms with van der Waals surface area (Å²) in [5.41, 5.74) is 4.27. The normalized spacial score (nSPS) is 49.3. The molecule has 2 spiro atoms. The highest BCUT2D eigenvalue weighted by Crippen LogP contribution is 2.88. The molecule has 12 unspecified atom stereocenters. The highest BCUT2D eigenvalue weighted by Gasteiger charge is 2.80. The van der Waals surface area contributed by atoms with Crippen LogP contribution in [0.25, 0.3) is 0 Å². The minimum absolute atomic E-state index is 0.519. The Morgan fingerprint density at radius 3 is 2.36 bits per heavy atom. The van der Waals surface area contributed by atoms with Gasteiger partial charge in [0, 0.05) is 12.6 Å². The summed E-state index contributed by atoms with van der Waals surface area (Å²) < 4.78 is 0. The molecule has 8 aliphatic rings. The van der Waals surface area contributed by atoms with E-state index in [0.717, 1.165) is 76.1 Å². The molecule has 1 heteroatoms. The highest BCUT2D eigenvalue weighted by atomic mass is 15.2. The Labute approximate surface area is 279 Å². The lowest BCUT2D eigenvalue weighted by Crippen LogP contribution is -2.54. The Balaban J connectivity index is 0.951. The molecule has 45 heavy (non-hydrogen) atoms. The zero-order valence-corrected chi connectivity index (χ0v) is 30.9. The standard InChI is InChI=1S/C44H73N/c1-8-35(9-2)45-24-10-11-33(27-45)30(4)36-20-21-44-28-43(44)23-22-42(7)37-17-14-31(13-12-29(3)32-15-16-32)25-34(37)26-39(42)38(43)18-19-40(44)41(36,5)6/h30-40H,3,8-28H2,1-2,4-7H3. The van der Waals surface area contributed by atoms with Crippen molar-refractivity contribution in [1.29, 1.82) is 0 Å². The third kappa shape index (κ3) is 4.81. The summed E-state index contributed by atoms with van der Waals surface area (Å²) in [6.07, 6.45) is 28.7. The zero-order valence-electron chi connectivity index (χ0n) is 30.9. The van der Waals surface area contributed by atoms with Crippen LogP contribution < -0.4 is 0 Å². The average molecular weight is 616 g/mol. The van der Waals surface area contributed by atoms with Gasteiger partial charge in [-0.2, -0.15) is 0 Å². The van der Waals surface area contributed by atoms with E-state index in [-0.39, 0.29) is 0 Å². The molecule has 7 saturated carbocycles. The van der Waals surface area contributed by atoms with E-state index in [1.54, 1.807) is 69.8 Å². The molecule has 8 fully saturated rings. The van der Waals surface area contributed by atoms with Crippen LogP contribution in [0.3, 0.4) is 0 Å². The molecule has 254 valence electrons. The van der Waals surface area contributed by atoms with E-state index in [2.05, 4.69) is 53.0 Å². The zero-order chi connectivity index (χ0) is 31.4. The van der Waals surface area contributed by atoms with Crippen LogP contribution >= 0.6 is 0 Å². The second kappa shape index (κ2) is 11.4. The van der Waals surface area contributed by atoms with Crippen molar-refractivity contribution in [2.24, 2.45) is 80.8 Å². The summed E-state index contributed by atoms with van der Waals surface area (Å²) in [6.45, 7) is 23.2. The van der Waals surface area contributed by atoms with Crippen LogP contribution in [0, 0.1) is 80.8 Å². The monoisotopic (exact) mass is 616 g/mol. The predicted octanol–water partition coefficient (Wildman–Crippen LogP) is 12.0. The molecular weight excluding hydrogens is 542 g/mol. The van der Waals surface area contributed by atoms with E-state index in [1.807, 2.05) is 0 Å². The van der Waals surface area contributed by atoms with Gasteiger partial charge in [0.05, 0.1) is 0 Å². The predicted molar refractivity (Wildman–Crippen MR) is 191 cm³/mol. The SMILES string of the molecule is C=C(CCC1CCC2C(C1)CC1C3CCC4C(C)(C)C(C(C)C5CCCN(C(CC)CC)C5)CCC45CC35CCC21C)C1CC1. The largest absolute Gasteiger partial charge is 0.300 e. The molecule has 0 aromatic heterocycles. The number of allylic oxidation sites excluding steroid dienone is 1. The van der Waals surface area contributed by atoms with Crippen molar-refractivity contribution in [2.45, 2.75) is 170 Å². The number of piperidine rings is 1. The number of rotatable bonds is 9. The first kappa shape index (κ1) is 31.9. The van der Waals surface area contributed by atoms with Gasteiger partial charge >= 0.3 is 0 Å². The Morgan fingerprint density at radius 1 is 0.822 bits per heavy atom. The summed E-state index contributed by atoms with van der Waals surface area (Å²) in [6, 6.07) is 0.818. The molecular formula is C44H73N. The molecule has 1 nitrogen and oxygen atoms in total. The van der Waals surface area contributed by atoms with Gasteiger partial charge in [-0.15, -0.1) is 0 Å². The van der Waals surface area contributed by atoms with Gasteiger partial charge in [0.2, 0.25) is 0 Å². The maximum Gasteiger partial charge on any atom is 0.00901 e. The molecule has 0 amide bonds. The lowest BCUT2D eigenvalue weighted by atomic mass is 9.44. The molecule has 7 aliphatic carbocycles. The Kier molecular flexibility index (Phi) is 8.07. The highest BCUT2D eigenvalue weighted by molar-refractivity contribution is 5.29. The molecule has 0 aromatic carbocycles. The first-order valence-corrected chi connectivity index (χ1v) is 21.0. The van der Waals surface area contributed by atoms with Gasteiger partial charge in [0.25, 0.3) is 0 Å². The van der Waals surface area contributed by atoms with Gasteiger partial charge in [-0.25, -0.2) is 0 Å². The summed E-state index contributed by atoms with van der Waals surface area (Å²) in [7, 11) is 0. The Bertz CT molecular complexity index is 1110. The number of hydrogen-bond donors (Lipinski definition) is 0. The van der Waals surface area contributed by atoms with Gasteiger partial charge in [0.1, 0.15) is 0 Å². The quantitative estimate of drug-likeness (QED) is 0.233. The van der Waals surface area contributed by atoms with E-state index in [4.69, 9.17) is 0 Å². The van der Waals surface area contributed by atoms with Crippen molar-refractivity contribution >= 4 is 0 Å². The summed E-state index contributed by atoms with van der Waals surface area (Å²) >= 11 is 0. The molecule has 12 atom stereocenters. The van der Waals surface area contributed by atoms with E-state index >= 15 is 0 Å². The van der Waals surface area contributed by atoms with E-state index in [9.17, 15) is 0 Å². The van der Waals surface area contributed by atoms with Crippen molar-refractivity contribution in [3.63, 3.8) is 0 Å². The maximum absolute atomic E-state index is 4.49. The third-order valence-electron chi connectivity index (χ3n) is 18.7. The molecule has 0 radical (unpaired) electrons. The van der Waals surface area contributed by atoms with Crippen molar-refractivity contribution < 1.29 is 0 Å². The maximum atomic E-state index is 4.49. The van der Waals surface area contributed by atoms with Gasteiger partial charge < -0.3 is 4.90 Å². The van der Waals surface area contributed by atoms with Gasteiger partial charge in [-0.05, 0) is 203 Å². The second-order valence-electron chi connectivity index (χ2n) is 20.3. The van der Waals surface area contributed by atoms with Crippen LogP contribution in [0.4, 0.5) is 0 Å². The minimum Gasteiger partial charge on any atom is -0.300 e. The van der Waals surface area contributed by atoms with Gasteiger partial charge in [-0.1, -0.05) is 60.1 Å². The molecule has 0 bridgehead atoms. The third-order valence-corrected chi connectivity index (χ3v) is 18.7. The lowest BCUT2D eigenvalue weighted by Gasteiger charge is -2.61. The van der Waals surface area contributed by atoms with Crippen LogP contribution in [0.2, 0.25) is 0 Å². The van der Waals surface area contributed by atoms with E-state index in [0.29, 0.717) is 10.8 Å². The fourth-order valence-electron chi connectivity index (χ4n) is 16.2. The lowest BCUT2D eigenvalue weighted by molar-refractivity contribution is -0.125. The van der Waals surface area contributed by atoms with E-state index < -0.39 is 0 Å². The summed E-state index contributed by atoms with van der Waals surface area (Å²) in [5, 5.41) is 0.